The lowest BCUT2D eigenvalue weighted by Gasteiger charge is -2.14. The number of ketones is 1. The van der Waals surface area contributed by atoms with Crippen LogP contribution in [0.15, 0.2) is 35.9 Å². The second kappa shape index (κ2) is 10.4. The maximum atomic E-state index is 13.0. The number of rotatable bonds is 9. The minimum Gasteiger partial charge on any atom is -0.507 e. The van der Waals surface area contributed by atoms with E-state index in [0.717, 1.165) is 5.57 Å². The predicted molar refractivity (Wildman–Crippen MR) is 119 cm³/mol. The highest BCUT2D eigenvalue weighted by Crippen LogP contribution is 2.40. The smallest absolute Gasteiger partial charge is 0.193 e. The van der Waals surface area contributed by atoms with Crippen LogP contribution in [0.2, 0.25) is 0 Å². The van der Waals surface area contributed by atoms with Crippen LogP contribution in [0.4, 0.5) is 0 Å². The van der Waals surface area contributed by atoms with Crippen molar-refractivity contribution < 1.29 is 34.0 Å². The fourth-order valence-electron chi connectivity index (χ4n) is 3.01. The minimum absolute atomic E-state index is 0.0341. The molecule has 0 amide bonds. The molecule has 7 heteroatoms. The monoisotopic (exact) mass is 428 g/mol. The van der Waals surface area contributed by atoms with Gasteiger partial charge in [0.15, 0.2) is 17.3 Å². The van der Waals surface area contributed by atoms with Crippen molar-refractivity contribution in [3.05, 3.63) is 52.6 Å². The number of carbonyl (C=O) groups excluding carboxylic acids is 1. The van der Waals surface area contributed by atoms with Crippen molar-refractivity contribution in [2.24, 2.45) is 0 Å². The molecule has 31 heavy (non-hydrogen) atoms. The lowest BCUT2D eigenvalue weighted by atomic mass is 9.99. The standard InChI is InChI=1S/C24H28O7/c1-14(2)7-9-16-18(26)12-22(31-6)23(24(16)27)17(25)10-8-15-11-20(29-4)21(30-5)13-19(15)28-3/h7-8,10-13,26-27H,9H2,1-6H3/b10-8+. The summed E-state index contributed by atoms with van der Waals surface area (Å²) in [5.41, 5.74) is 1.81. The molecule has 0 fully saturated rings. The molecule has 0 aliphatic heterocycles. The molecule has 0 unspecified atom stereocenters. The molecular formula is C24H28O7. The van der Waals surface area contributed by atoms with Crippen molar-refractivity contribution in [3.63, 3.8) is 0 Å². The SMILES string of the molecule is COc1cc(OC)c(OC)cc1/C=C/C(=O)c1c(OC)cc(O)c(CC=C(C)C)c1O. The van der Waals surface area contributed by atoms with Crippen molar-refractivity contribution in [1.82, 2.24) is 0 Å². The first-order valence-electron chi connectivity index (χ1n) is 9.54. The number of allylic oxidation sites excluding steroid dienone is 3. The first-order valence-corrected chi connectivity index (χ1v) is 9.54. The normalized spacial score (nSPS) is 10.6. The van der Waals surface area contributed by atoms with Crippen LogP contribution in [0.5, 0.6) is 34.5 Å². The first kappa shape index (κ1) is 23.7. The molecular weight excluding hydrogens is 400 g/mol. The molecule has 0 heterocycles. The summed E-state index contributed by atoms with van der Waals surface area (Å²) in [6.45, 7) is 3.81. The highest BCUT2D eigenvalue weighted by atomic mass is 16.5. The molecule has 0 saturated heterocycles. The molecule has 2 N–H and O–H groups in total. The topological polar surface area (TPSA) is 94.5 Å². The summed E-state index contributed by atoms with van der Waals surface area (Å²) in [6, 6.07) is 4.65. The molecule has 2 rings (SSSR count). The molecule has 7 nitrogen and oxygen atoms in total. The number of hydrogen-bond donors (Lipinski definition) is 2. The molecule has 2 aromatic carbocycles. The zero-order valence-corrected chi connectivity index (χ0v) is 18.6. The van der Waals surface area contributed by atoms with Gasteiger partial charge in [0.1, 0.15) is 28.6 Å². The van der Waals surface area contributed by atoms with E-state index in [4.69, 9.17) is 18.9 Å². The third kappa shape index (κ3) is 5.31. The number of hydrogen-bond acceptors (Lipinski definition) is 7. The second-order valence-corrected chi connectivity index (χ2v) is 6.93. The molecule has 0 aliphatic carbocycles. The van der Waals surface area contributed by atoms with E-state index in [9.17, 15) is 15.0 Å². The van der Waals surface area contributed by atoms with Crippen molar-refractivity contribution in [3.8, 4) is 34.5 Å². The van der Waals surface area contributed by atoms with Gasteiger partial charge in [0.05, 0.1) is 28.4 Å². The molecule has 0 saturated carbocycles. The Morgan fingerprint density at radius 1 is 0.871 bits per heavy atom. The Kier molecular flexibility index (Phi) is 7.96. The Bertz CT molecular complexity index is 1020. The maximum Gasteiger partial charge on any atom is 0.193 e. The van der Waals surface area contributed by atoms with E-state index < -0.39 is 5.78 Å². The van der Waals surface area contributed by atoms with Crippen molar-refractivity contribution in [1.29, 1.82) is 0 Å². The second-order valence-electron chi connectivity index (χ2n) is 6.93. The fourth-order valence-corrected chi connectivity index (χ4v) is 3.01. The molecule has 0 bridgehead atoms. The van der Waals surface area contributed by atoms with Crippen LogP contribution >= 0.6 is 0 Å². The van der Waals surface area contributed by atoms with E-state index in [1.807, 2.05) is 19.9 Å². The zero-order valence-electron chi connectivity index (χ0n) is 18.6. The maximum absolute atomic E-state index is 13.0. The zero-order chi connectivity index (χ0) is 23.1. The van der Waals surface area contributed by atoms with Crippen LogP contribution < -0.4 is 18.9 Å². The number of phenolic OH excluding ortho intramolecular Hbond substituents is 2. The van der Waals surface area contributed by atoms with Gasteiger partial charge in [-0.2, -0.15) is 0 Å². The molecule has 0 aliphatic rings. The third-order valence-corrected chi connectivity index (χ3v) is 4.68. The van der Waals surface area contributed by atoms with Crippen LogP contribution in [0.1, 0.15) is 35.3 Å². The summed E-state index contributed by atoms with van der Waals surface area (Å²) < 4.78 is 21.2. The van der Waals surface area contributed by atoms with Gasteiger partial charge in [-0.05, 0) is 38.5 Å². The Hall–Kier alpha value is -3.61. The van der Waals surface area contributed by atoms with Gasteiger partial charge >= 0.3 is 0 Å². The minimum atomic E-state index is -0.496. The summed E-state index contributed by atoms with van der Waals surface area (Å²) in [5, 5.41) is 21.0. The molecule has 2 aromatic rings. The largest absolute Gasteiger partial charge is 0.507 e. The number of ether oxygens (including phenoxy) is 4. The van der Waals surface area contributed by atoms with E-state index in [1.54, 1.807) is 18.2 Å². The number of benzene rings is 2. The Morgan fingerprint density at radius 3 is 2.00 bits per heavy atom. The van der Waals surface area contributed by atoms with Crippen molar-refractivity contribution >= 4 is 11.9 Å². The van der Waals surface area contributed by atoms with Gasteiger partial charge in [-0.25, -0.2) is 0 Å². The van der Waals surface area contributed by atoms with Crippen LogP contribution in [0.3, 0.4) is 0 Å². The highest BCUT2D eigenvalue weighted by molar-refractivity contribution is 6.11. The van der Waals surface area contributed by atoms with Crippen LogP contribution in [0.25, 0.3) is 6.08 Å². The fraction of sp³-hybridized carbons (Fsp3) is 0.292. The molecule has 0 atom stereocenters. The molecule has 0 radical (unpaired) electrons. The number of methoxy groups -OCH3 is 4. The lowest BCUT2D eigenvalue weighted by molar-refractivity contribution is 0.104. The van der Waals surface area contributed by atoms with Gasteiger partial charge < -0.3 is 29.2 Å². The van der Waals surface area contributed by atoms with E-state index in [0.29, 0.717) is 22.8 Å². The van der Waals surface area contributed by atoms with E-state index in [2.05, 4.69) is 0 Å². The van der Waals surface area contributed by atoms with E-state index in [1.165, 1.54) is 40.6 Å². The number of phenols is 2. The lowest BCUT2D eigenvalue weighted by Crippen LogP contribution is -2.02. The Labute approximate surface area is 182 Å². The van der Waals surface area contributed by atoms with Crippen LogP contribution in [0, 0.1) is 0 Å². The molecule has 166 valence electrons. The van der Waals surface area contributed by atoms with Crippen LogP contribution in [-0.4, -0.2) is 44.4 Å². The summed E-state index contributed by atoms with van der Waals surface area (Å²) in [6.07, 6.45) is 4.96. The van der Waals surface area contributed by atoms with Gasteiger partial charge in [0.25, 0.3) is 0 Å². The number of carbonyl (C=O) groups is 1. The highest BCUT2D eigenvalue weighted by Gasteiger charge is 2.22. The van der Waals surface area contributed by atoms with Gasteiger partial charge in [-0.15, -0.1) is 0 Å². The van der Waals surface area contributed by atoms with Crippen molar-refractivity contribution in [2.75, 3.05) is 28.4 Å². The average Bonchev–Trinajstić information content (AvgIpc) is 2.75. The first-order chi connectivity index (χ1) is 14.8. The third-order valence-electron chi connectivity index (χ3n) is 4.68. The molecule has 0 aromatic heterocycles. The van der Waals surface area contributed by atoms with Crippen molar-refractivity contribution in [2.45, 2.75) is 20.3 Å². The summed E-state index contributed by atoms with van der Waals surface area (Å²) in [4.78, 5) is 13.0. The van der Waals surface area contributed by atoms with Gasteiger partial charge in [-0.3, -0.25) is 4.79 Å². The van der Waals surface area contributed by atoms with E-state index in [-0.39, 0.29) is 34.8 Å². The quantitative estimate of drug-likeness (QED) is 0.344. The summed E-state index contributed by atoms with van der Waals surface area (Å²) in [7, 11) is 5.89. The Morgan fingerprint density at radius 2 is 1.45 bits per heavy atom. The predicted octanol–water partition coefficient (Wildman–Crippen LogP) is 4.54. The van der Waals surface area contributed by atoms with Gasteiger partial charge in [0.2, 0.25) is 0 Å². The Balaban J connectivity index is 2.51. The van der Waals surface area contributed by atoms with Crippen LogP contribution in [-0.2, 0) is 6.42 Å². The summed E-state index contributed by atoms with van der Waals surface area (Å²) in [5.74, 6) is 0.564. The summed E-state index contributed by atoms with van der Waals surface area (Å²) >= 11 is 0. The van der Waals surface area contributed by atoms with Gasteiger partial charge in [0, 0.05) is 23.3 Å². The number of aromatic hydroxyl groups is 2. The average molecular weight is 428 g/mol. The van der Waals surface area contributed by atoms with Gasteiger partial charge in [-0.1, -0.05) is 11.6 Å². The van der Waals surface area contributed by atoms with E-state index >= 15 is 0 Å². The molecule has 0 spiro atoms.